The summed E-state index contributed by atoms with van der Waals surface area (Å²) in [6, 6.07) is 5.46. The number of nitrogens with one attached hydrogen (secondary N) is 2. The Balaban J connectivity index is 1.99. The van der Waals surface area contributed by atoms with Crippen LogP contribution in [0.15, 0.2) is 18.2 Å². The number of aliphatic hydroxyl groups excluding tert-OH is 2. The molecule has 17 heavy (non-hydrogen) atoms. The minimum atomic E-state index is -0.303. The highest BCUT2D eigenvalue weighted by Gasteiger charge is 2.17. The van der Waals surface area contributed by atoms with Crippen LogP contribution in [-0.2, 0) is 17.8 Å². The number of hydrogen-bond donors (Lipinski definition) is 4. The molecule has 0 atom stereocenters. The highest BCUT2D eigenvalue weighted by Crippen LogP contribution is 2.23. The lowest BCUT2D eigenvalue weighted by Gasteiger charge is -2.13. The van der Waals surface area contributed by atoms with Crippen molar-refractivity contribution < 1.29 is 15.0 Å². The third kappa shape index (κ3) is 2.82. The fourth-order valence-electron chi connectivity index (χ4n) is 1.84. The van der Waals surface area contributed by atoms with Gasteiger partial charge in [-0.2, -0.15) is 0 Å². The molecule has 1 aliphatic rings. The fraction of sp³-hybridized carbons (Fsp3) is 0.417. The predicted octanol–water partition coefficient (Wildman–Crippen LogP) is -0.376. The molecule has 5 nitrogen and oxygen atoms in total. The number of carbonyl (C=O) groups excluding carboxylic acids is 1. The minimum Gasteiger partial charge on any atom is -0.395 e. The van der Waals surface area contributed by atoms with E-state index in [0.29, 0.717) is 13.0 Å². The van der Waals surface area contributed by atoms with Crippen molar-refractivity contribution in [2.24, 2.45) is 0 Å². The van der Waals surface area contributed by atoms with Crippen LogP contribution in [0.3, 0.4) is 0 Å². The standard InChI is InChI=1S/C12H16N2O3/c15-6-10(7-16)13-5-8-1-2-11-9(3-8)4-12(17)14-11/h1-3,10,13,15-16H,4-7H2,(H,14,17). The maximum absolute atomic E-state index is 11.2. The first kappa shape index (κ1) is 12.0. The molecular weight excluding hydrogens is 220 g/mol. The highest BCUT2D eigenvalue weighted by molar-refractivity contribution is 5.99. The molecule has 4 N–H and O–H groups in total. The van der Waals surface area contributed by atoms with E-state index >= 15 is 0 Å². The summed E-state index contributed by atoms with van der Waals surface area (Å²) in [6.07, 6.45) is 0.423. The molecule has 1 aromatic rings. The van der Waals surface area contributed by atoms with E-state index in [9.17, 15) is 4.79 Å². The number of aliphatic hydroxyl groups is 2. The van der Waals surface area contributed by atoms with Gasteiger partial charge in [-0.15, -0.1) is 0 Å². The van der Waals surface area contributed by atoms with Crippen LogP contribution in [-0.4, -0.2) is 35.4 Å². The molecule has 0 spiro atoms. The van der Waals surface area contributed by atoms with Crippen molar-refractivity contribution in [3.8, 4) is 0 Å². The molecule has 1 aromatic carbocycles. The molecule has 0 saturated heterocycles. The van der Waals surface area contributed by atoms with E-state index < -0.39 is 0 Å². The van der Waals surface area contributed by atoms with E-state index in [0.717, 1.165) is 16.8 Å². The average molecular weight is 236 g/mol. The predicted molar refractivity (Wildman–Crippen MR) is 63.6 cm³/mol. The lowest BCUT2D eigenvalue weighted by atomic mass is 10.1. The first-order chi connectivity index (χ1) is 8.22. The minimum absolute atomic E-state index is 0.0219. The van der Waals surface area contributed by atoms with Gasteiger partial charge in [0.15, 0.2) is 0 Å². The Bertz CT molecular complexity index is 416. The number of benzene rings is 1. The van der Waals surface area contributed by atoms with E-state index in [-0.39, 0.29) is 25.2 Å². The number of rotatable bonds is 5. The Labute approximate surface area is 99.5 Å². The Morgan fingerprint density at radius 1 is 1.35 bits per heavy atom. The Kier molecular flexibility index (Phi) is 3.73. The van der Waals surface area contributed by atoms with Crippen molar-refractivity contribution in [1.82, 2.24) is 5.32 Å². The van der Waals surface area contributed by atoms with E-state index in [2.05, 4.69) is 10.6 Å². The zero-order valence-electron chi connectivity index (χ0n) is 9.44. The Morgan fingerprint density at radius 3 is 2.82 bits per heavy atom. The molecule has 0 saturated carbocycles. The van der Waals surface area contributed by atoms with Gasteiger partial charge in [0.2, 0.25) is 5.91 Å². The summed E-state index contributed by atoms with van der Waals surface area (Å²) in [5, 5.41) is 23.6. The van der Waals surface area contributed by atoms with Gasteiger partial charge in [-0.05, 0) is 17.2 Å². The smallest absolute Gasteiger partial charge is 0.228 e. The van der Waals surface area contributed by atoms with E-state index in [1.165, 1.54) is 0 Å². The molecule has 1 aliphatic heterocycles. The number of hydrogen-bond acceptors (Lipinski definition) is 4. The van der Waals surface area contributed by atoms with E-state index in [1.807, 2.05) is 18.2 Å². The topological polar surface area (TPSA) is 81.6 Å². The van der Waals surface area contributed by atoms with Crippen molar-refractivity contribution in [3.63, 3.8) is 0 Å². The van der Waals surface area contributed by atoms with Crippen molar-refractivity contribution in [2.75, 3.05) is 18.5 Å². The van der Waals surface area contributed by atoms with Gasteiger partial charge < -0.3 is 20.8 Å². The van der Waals surface area contributed by atoms with Crippen LogP contribution in [0, 0.1) is 0 Å². The van der Waals surface area contributed by atoms with Crippen molar-refractivity contribution in [1.29, 1.82) is 0 Å². The third-order valence-corrected chi connectivity index (χ3v) is 2.83. The summed E-state index contributed by atoms with van der Waals surface area (Å²) in [5.74, 6) is 0.0219. The second-order valence-corrected chi connectivity index (χ2v) is 4.16. The van der Waals surface area contributed by atoms with Crippen LogP contribution in [0.2, 0.25) is 0 Å². The first-order valence-corrected chi connectivity index (χ1v) is 5.59. The van der Waals surface area contributed by atoms with Gasteiger partial charge >= 0.3 is 0 Å². The molecule has 1 amide bonds. The normalized spacial score (nSPS) is 13.9. The summed E-state index contributed by atoms with van der Waals surface area (Å²) in [7, 11) is 0. The maximum Gasteiger partial charge on any atom is 0.228 e. The Hall–Kier alpha value is -1.43. The molecular formula is C12H16N2O3. The van der Waals surface area contributed by atoms with Gasteiger partial charge in [0.05, 0.1) is 25.7 Å². The molecule has 1 heterocycles. The van der Waals surface area contributed by atoms with Gasteiger partial charge in [-0.25, -0.2) is 0 Å². The molecule has 0 bridgehead atoms. The van der Waals surface area contributed by atoms with Crippen LogP contribution in [0.4, 0.5) is 5.69 Å². The van der Waals surface area contributed by atoms with Crippen molar-refractivity contribution in [2.45, 2.75) is 19.0 Å². The highest BCUT2D eigenvalue weighted by atomic mass is 16.3. The number of anilines is 1. The number of fused-ring (bicyclic) bond motifs is 1. The van der Waals surface area contributed by atoms with Crippen LogP contribution in [0.5, 0.6) is 0 Å². The van der Waals surface area contributed by atoms with Crippen molar-refractivity contribution >= 4 is 11.6 Å². The molecule has 5 heteroatoms. The van der Waals surface area contributed by atoms with Crippen molar-refractivity contribution in [3.05, 3.63) is 29.3 Å². The van der Waals surface area contributed by atoms with Crippen LogP contribution < -0.4 is 10.6 Å². The van der Waals surface area contributed by atoms with Gasteiger partial charge in [0.1, 0.15) is 0 Å². The Morgan fingerprint density at radius 2 is 2.12 bits per heavy atom. The summed E-state index contributed by atoms with van der Waals surface area (Å²) in [6.45, 7) is 0.371. The lowest BCUT2D eigenvalue weighted by Crippen LogP contribution is -2.35. The molecule has 0 fully saturated rings. The van der Waals surface area contributed by atoms with Crippen LogP contribution >= 0.6 is 0 Å². The number of amides is 1. The quantitative estimate of drug-likeness (QED) is 0.562. The summed E-state index contributed by atoms with van der Waals surface area (Å²) in [5.41, 5.74) is 2.91. The fourth-order valence-corrected chi connectivity index (χ4v) is 1.84. The van der Waals surface area contributed by atoms with E-state index in [4.69, 9.17) is 10.2 Å². The second kappa shape index (κ2) is 5.27. The van der Waals surface area contributed by atoms with Gasteiger partial charge in [0, 0.05) is 12.2 Å². The molecule has 92 valence electrons. The molecule has 2 rings (SSSR count). The van der Waals surface area contributed by atoms with Gasteiger partial charge in [-0.1, -0.05) is 12.1 Å². The largest absolute Gasteiger partial charge is 0.395 e. The zero-order valence-corrected chi connectivity index (χ0v) is 9.44. The van der Waals surface area contributed by atoms with Gasteiger partial charge in [0.25, 0.3) is 0 Å². The van der Waals surface area contributed by atoms with Gasteiger partial charge in [-0.3, -0.25) is 4.79 Å². The second-order valence-electron chi connectivity index (χ2n) is 4.16. The lowest BCUT2D eigenvalue weighted by molar-refractivity contribution is -0.115. The van der Waals surface area contributed by atoms with Crippen LogP contribution in [0.25, 0.3) is 0 Å². The monoisotopic (exact) mass is 236 g/mol. The number of carbonyl (C=O) groups is 1. The maximum atomic E-state index is 11.2. The molecule has 0 unspecified atom stereocenters. The summed E-state index contributed by atoms with van der Waals surface area (Å²) < 4.78 is 0. The molecule has 0 radical (unpaired) electrons. The van der Waals surface area contributed by atoms with E-state index in [1.54, 1.807) is 0 Å². The summed E-state index contributed by atoms with van der Waals surface area (Å²) in [4.78, 5) is 11.2. The summed E-state index contributed by atoms with van der Waals surface area (Å²) >= 11 is 0. The third-order valence-electron chi connectivity index (χ3n) is 2.83. The van der Waals surface area contributed by atoms with Crippen LogP contribution in [0.1, 0.15) is 11.1 Å². The zero-order chi connectivity index (χ0) is 12.3. The molecule has 0 aromatic heterocycles. The molecule has 0 aliphatic carbocycles. The SMILES string of the molecule is O=C1Cc2cc(CNC(CO)CO)ccc2N1. The first-order valence-electron chi connectivity index (χ1n) is 5.59. The average Bonchev–Trinajstić information content (AvgIpc) is 2.69.